The molecule has 2 unspecified atom stereocenters. The molecule has 7 heavy (non-hydrogen) atoms. The average Bonchev–Trinajstić information content (AvgIpc) is 1.65. The first-order valence-electron chi connectivity index (χ1n) is 2.18. The van der Waals surface area contributed by atoms with Gasteiger partial charge in [-0.15, -0.1) is 0 Å². The van der Waals surface area contributed by atoms with Crippen molar-refractivity contribution in [2.24, 2.45) is 0 Å². The van der Waals surface area contributed by atoms with E-state index in [0.29, 0.717) is 0 Å². The first kappa shape index (κ1) is 6.89. The molecule has 0 amide bonds. The van der Waals surface area contributed by atoms with Gasteiger partial charge in [-0.25, -0.2) is 4.39 Å². The second-order valence-electron chi connectivity index (χ2n) is 1.46. The molecule has 2 heteroatoms. The van der Waals surface area contributed by atoms with E-state index < -0.39 is 6.17 Å². The molecule has 1 radical (unpaired) electrons. The zero-order valence-corrected chi connectivity index (χ0v) is 4.65. The minimum atomic E-state index is -1.11. The largest absolute Gasteiger partial charge is 0.379 e. The lowest BCUT2D eigenvalue weighted by Gasteiger charge is -2.08. The number of halogens is 1. The van der Waals surface area contributed by atoms with Crippen molar-refractivity contribution in [3.8, 4) is 0 Å². The van der Waals surface area contributed by atoms with Gasteiger partial charge in [-0.05, 0) is 13.8 Å². The van der Waals surface area contributed by atoms with Crippen LogP contribution < -0.4 is 0 Å². The molecule has 0 aromatic rings. The summed E-state index contributed by atoms with van der Waals surface area (Å²) in [6.45, 7) is 4.75. The highest BCUT2D eigenvalue weighted by molar-refractivity contribution is 4.64. The summed E-state index contributed by atoms with van der Waals surface area (Å²) in [5.41, 5.74) is 0. The summed E-state index contributed by atoms with van der Waals surface area (Å²) in [5, 5.41) is 0. The molecule has 0 saturated carbocycles. The van der Waals surface area contributed by atoms with Crippen LogP contribution in [0.2, 0.25) is 0 Å². The number of ether oxygens (including phenoxy) is 1. The quantitative estimate of drug-likeness (QED) is 0.512. The minimum Gasteiger partial charge on any atom is -0.379 e. The molecule has 2 atom stereocenters. The fraction of sp³-hybridized carbons (Fsp3) is 0.800. The average molecular weight is 105 g/mol. The van der Waals surface area contributed by atoms with Crippen molar-refractivity contribution in [1.29, 1.82) is 0 Å². The molecule has 0 N–H and O–H groups in total. The van der Waals surface area contributed by atoms with Gasteiger partial charge >= 0.3 is 0 Å². The van der Waals surface area contributed by atoms with Gasteiger partial charge in [-0.2, -0.15) is 0 Å². The molecule has 0 aliphatic carbocycles. The molecule has 0 aromatic heterocycles. The van der Waals surface area contributed by atoms with E-state index >= 15 is 0 Å². The third-order valence-corrected chi connectivity index (χ3v) is 0.881. The Bertz CT molecular complexity index is 45.3. The highest BCUT2D eigenvalue weighted by atomic mass is 19.1. The van der Waals surface area contributed by atoms with E-state index in [4.69, 9.17) is 0 Å². The van der Waals surface area contributed by atoms with Gasteiger partial charge in [-0.1, -0.05) is 0 Å². The van der Waals surface area contributed by atoms with Crippen LogP contribution in [0, 0.1) is 6.92 Å². The van der Waals surface area contributed by atoms with E-state index in [1.54, 1.807) is 6.92 Å². The molecule has 1 nitrogen and oxygen atoms in total. The van der Waals surface area contributed by atoms with Crippen molar-refractivity contribution in [2.45, 2.75) is 19.2 Å². The van der Waals surface area contributed by atoms with Crippen molar-refractivity contribution in [3.63, 3.8) is 0 Å². The maximum absolute atomic E-state index is 11.9. The number of rotatable bonds is 2. The van der Waals surface area contributed by atoms with Gasteiger partial charge in [0.1, 0.15) is 6.17 Å². The molecule has 0 rings (SSSR count). The second-order valence-corrected chi connectivity index (χ2v) is 1.46. The Balaban J connectivity index is 3.14. The Hall–Kier alpha value is -0.110. The Morgan fingerprint density at radius 2 is 2.14 bits per heavy atom. The molecule has 0 heterocycles. The number of methoxy groups -OCH3 is 1. The van der Waals surface area contributed by atoms with Crippen molar-refractivity contribution in [3.05, 3.63) is 6.92 Å². The summed E-state index contributed by atoms with van der Waals surface area (Å²) in [6, 6.07) is 0. The summed E-state index contributed by atoms with van der Waals surface area (Å²) in [4.78, 5) is 0. The zero-order chi connectivity index (χ0) is 5.86. The third kappa shape index (κ3) is 2.57. The van der Waals surface area contributed by atoms with Crippen LogP contribution in [0.15, 0.2) is 0 Å². The lowest BCUT2D eigenvalue weighted by atomic mass is 10.3. The molecule has 0 bridgehead atoms. The zero-order valence-electron chi connectivity index (χ0n) is 4.65. The molecule has 0 aromatic carbocycles. The number of hydrogen-bond acceptors (Lipinski definition) is 1. The van der Waals surface area contributed by atoms with E-state index in [9.17, 15) is 4.39 Å². The second kappa shape index (κ2) is 2.97. The van der Waals surface area contributed by atoms with E-state index in [1.807, 2.05) is 0 Å². The highest BCUT2D eigenvalue weighted by Gasteiger charge is 2.06. The van der Waals surface area contributed by atoms with Crippen LogP contribution in [0.3, 0.4) is 0 Å². The van der Waals surface area contributed by atoms with Crippen LogP contribution in [0.5, 0.6) is 0 Å². The fourth-order valence-corrected chi connectivity index (χ4v) is 0.148. The Labute approximate surface area is 43.5 Å². The summed E-state index contributed by atoms with van der Waals surface area (Å²) >= 11 is 0. The van der Waals surface area contributed by atoms with Crippen LogP contribution >= 0.6 is 0 Å². The van der Waals surface area contributed by atoms with Gasteiger partial charge in [0.25, 0.3) is 0 Å². The summed E-state index contributed by atoms with van der Waals surface area (Å²) in [7, 11) is 1.46. The topological polar surface area (TPSA) is 9.23 Å². The van der Waals surface area contributed by atoms with Crippen LogP contribution in [-0.4, -0.2) is 19.4 Å². The normalized spacial score (nSPS) is 18.9. The van der Waals surface area contributed by atoms with Crippen molar-refractivity contribution < 1.29 is 9.13 Å². The van der Waals surface area contributed by atoms with Crippen LogP contribution in [0.1, 0.15) is 6.92 Å². The minimum absolute atomic E-state index is 0.375. The standard InChI is InChI=1S/C5H10FO/c1-4(6)5(2)7-3/h4-5H,1H2,2-3H3. The van der Waals surface area contributed by atoms with Gasteiger partial charge in [-0.3, -0.25) is 0 Å². The number of alkyl halides is 1. The van der Waals surface area contributed by atoms with Crippen molar-refractivity contribution >= 4 is 0 Å². The Morgan fingerprint density at radius 3 is 2.14 bits per heavy atom. The maximum Gasteiger partial charge on any atom is 0.126 e. The summed E-state index contributed by atoms with van der Waals surface area (Å²) in [5.74, 6) is 0. The van der Waals surface area contributed by atoms with Gasteiger partial charge in [0, 0.05) is 7.11 Å². The molecular formula is C5H10FO. The van der Waals surface area contributed by atoms with Crippen LogP contribution in [0.4, 0.5) is 4.39 Å². The van der Waals surface area contributed by atoms with Crippen molar-refractivity contribution in [2.75, 3.05) is 7.11 Å². The van der Waals surface area contributed by atoms with Gasteiger partial charge < -0.3 is 4.74 Å². The van der Waals surface area contributed by atoms with Crippen LogP contribution in [0.25, 0.3) is 0 Å². The molecule has 0 saturated heterocycles. The maximum atomic E-state index is 11.9. The molecule has 43 valence electrons. The lowest BCUT2D eigenvalue weighted by molar-refractivity contribution is 0.0646. The van der Waals surface area contributed by atoms with E-state index in [-0.39, 0.29) is 6.10 Å². The predicted molar refractivity (Wildman–Crippen MR) is 26.7 cm³/mol. The Morgan fingerprint density at radius 1 is 1.71 bits per heavy atom. The first-order chi connectivity index (χ1) is 3.18. The smallest absolute Gasteiger partial charge is 0.126 e. The molecule has 0 spiro atoms. The van der Waals surface area contributed by atoms with Crippen molar-refractivity contribution in [1.82, 2.24) is 0 Å². The van der Waals surface area contributed by atoms with E-state index in [0.717, 1.165) is 0 Å². The van der Waals surface area contributed by atoms with E-state index in [1.165, 1.54) is 7.11 Å². The molecular weight excluding hydrogens is 95.1 g/mol. The summed E-state index contributed by atoms with van der Waals surface area (Å²) in [6.07, 6.45) is -1.48. The van der Waals surface area contributed by atoms with Crippen LogP contribution in [-0.2, 0) is 4.74 Å². The first-order valence-corrected chi connectivity index (χ1v) is 2.18. The molecule has 0 fully saturated rings. The third-order valence-electron chi connectivity index (χ3n) is 0.881. The molecule has 0 aliphatic rings. The predicted octanol–water partition coefficient (Wildman–Crippen LogP) is 1.19. The van der Waals surface area contributed by atoms with Gasteiger partial charge in [0.2, 0.25) is 0 Å². The fourth-order valence-electron chi connectivity index (χ4n) is 0.148. The number of hydrogen-bond donors (Lipinski definition) is 0. The SMILES string of the molecule is [CH2]C(F)C(C)OC. The molecule has 0 aliphatic heterocycles. The van der Waals surface area contributed by atoms with Gasteiger partial charge in [0.05, 0.1) is 6.10 Å². The lowest BCUT2D eigenvalue weighted by Crippen LogP contribution is -2.16. The summed E-state index contributed by atoms with van der Waals surface area (Å²) < 4.78 is 16.4. The Kier molecular flexibility index (Phi) is 2.92. The van der Waals surface area contributed by atoms with Gasteiger partial charge in [0.15, 0.2) is 0 Å². The monoisotopic (exact) mass is 105 g/mol. The highest BCUT2D eigenvalue weighted by Crippen LogP contribution is 1.97. The van der Waals surface area contributed by atoms with E-state index in [2.05, 4.69) is 11.7 Å².